The zero-order valence-corrected chi connectivity index (χ0v) is 12.5. The van der Waals surface area contributed by atoms with Crippen LogP contribution in [-0.4, -0.2) is 14.5 Å². The van der Waals surface area contributed by atoms with Gasteiger partial charge in [-0.1, -0.05) is 18.2 Å². The van der Waals surface area contributed by atoms with Crippen molar-refractivity contribution < 1.29 is 8.42 Å². The summed E-state index contributed by atoms with van der Waals surface area (Å²) >= 11 is 1.21. The lowest BCUT2D eigenvalue weighted by atomic mass is 10.2. The van der Waals surface area contributed by atoms with Gasteiger partial charge in [-0.15, -0.1) is 11.3 Å². The van der Waals surface area contributed by atoms with Crippen LogP contribution in [0.2, 0.25) is 0 Å². The molecule has 1 aliphatic carbocycles. The molecule has 2 N–H and O–H groups in total. The molecule has 4 nitrogen and oxygen atoms in total. The number of thiophene rings is 1. The van der Waals surface area contributed by atoms with Gasteiger partial charge in [0.2, 0.25) is 0 Å². The minimum absolute atomic E-state index is 0.331. The Morgan fingerprint density at radius 3 is 2.50 bits per heavy atom. The highest BCUT2D eigenvalue weighted by Crippen LogP contribution is 2.21. The van der Waals surface area contributed by atoms with E-state index in [1.807, 2.05) is 12.1 Å². The predicted octanol–water partition coefficient (Wildman–Crippen LogP) is 2.80. The van der Waals surface area contributed by atoms with Gasteiger partial charge in [0.05, 0.1) is 0 Å². The molecule has 1 aromatic heterocycles. The molecule has 1 heterocycles. The summed E-state index contributed by atoms with van der Waals surface area (Å²) in [6.45, 7) is 0.836. The van der Waals surface area contributed by atoms with E-state index in [0.29, 0.717) is 15.9 Å². The Bertz CT molecular complexity index is 660. The van der Waals surface area contributed by atoms with E-state index in [2.05, 4.69) is 10.0 Å². The largest absolute Gasteiger partial charge is 0.310 e. The fourth-order valence-corrected chi connectivity index (χ4v) is 3.91. The van der Waals surface area contributed by atoms with Gasteiger partial charge in [0.25, 0.3) is 10.0 Å². The Morgan fingerprint density at radius 1 is 1.15 bits per heavy atom. The number of rotatable bonds is 6. The Balaban J connectivity index is 1.65. The number of hydrogen-bond donors (Lipinski definition) is 2. The maximum absolute atomic E-state index is 12.1. The van der Waals surface area contributed by atoms with Gasteiger partial charge >= 0.3 is 0 Å². The topological polar surface area (TPSA) is 58.2 Å². The summed E-state index contributed by atoms with van der Waals surface area (Å²) in [7, 11) is -3.45. The molecular formula is C14H16N2O2S2. The Kier molecular flexibility index (Phi) is 3.78. The average Bonchev–Trinajstić information content (AvgIpc) is 3.08. The molecule has 0 saturated heterocycles. The molecule has 0 aliphatic heterocycles. The molecule has 0 bridgehead atoms. The zero-order chi connectivity index (χ0) is 14.0. The highest BCUT2D eigenvalue weighted by molar-refractivity contribution is 7.94. The average molecular weight is 308 g/mol. The first kappa shape index (κ1) is 13.6. The molecule has 6 heteroatoms. The first-order chi connectivity index (χ1) is 9.63. The van der Waals surface area contributed by atoms with Crippen LogP contribution >= 0.6 is 11.3 Å². The van der Waals surface area contributed by atoms with Gasteiger partial charge < -0.3 is 5.32 Å². The second-order valence-electron chi connectivity index (χ2n) is 4.89. The predicted molar refractivity (Wildman–Crippen MR) is 81.4 cm³/mol. The van der Waals surface area contributed by atoms with Crippen molar-refractivity contribution in [3.63, 3.8) is 0 Å². The van der Waals surface area contributed by atoms with E-state index in [4.69, 9.17) is 0 Å². The van der Waals surface area contributed by atoms with Gasteiger partial charge in [-0.25, -0.2) is 8.42 Å². The Hall–Kier alpha value is -1.37. The standard InChI is InChI=1S/C14H16N2O2S2/c17-20(18,14-2-1-9-19-14)16-13-5-3-11(4-6-13)10-15-12-7-8-12/h1-6,9,12,15-16H,7-8,10H2. The molecule has 0 spiro atoms. The van der Waals surface area contributed by atoms with Gasteiger partial charge in [0.15, 0.2) is 0 Å². The first-order valence-electron chi connectivity index (χ1n) is 6.52. The van der Waals surface area contributed by atoms with Gasteiger partial charge in [0.1, 0.15) is 4.21 Å². The maximum Gasteiger partial charge on any atom is 0.271 e. The molecule has 106 valence electrons. The number of benzene rings is 1. The van der Waals surface area contributed by atoms with Crippen LogP contribution < -0.4 is 10.0 Å². The second kappa shape index (κ2) is 5.55. The summed E-state index contributed by atoms with van der Waals surface area (Å²) in [6, 6.07) is 11.5. The van der Waals surface area contributed by atoms with E-state index in [1.165, 1.54) is 24.2 Å². The lowest BCUT2D eigenvalue weighted by Gasteiger charge is -2.08. The minimum Gasteiger partial charge on any atom is -0.310 e. The van der Waals surface area contributed by atoms with Gasteiger partial charge in [-0.3, -0.25) is 4.72 Å². The summed E-state index contributed by atoms with van der Waals surface area (Å²) in [5.74, 6) is 0. The van der Waals surface area contributed by atoms with Crippen LogP contribution in [0.1, 0.15) is 18.4 Å². The van der Waals surface area contributed by atoms with Crippen LogP contribution in [0, 0.1) is 0 Å². The van der Waals surface area contributed by atoms with E-state index in [1.54, 1.807) is 29.6 Å². The van der Waals surface area contributed by atoms with E-state index in [0.717, 1.165) is 12.1 Å². The first-order valence-corrected chi connectivity index (χ1v) is 8.88. The molecule has 20 heavy (non-hydrogen) atoms. The number of anilines is 1. The van der Waals surface area contributed by atoms with Crippen LogP contribution in [0.25, 0.3) is 0 Å². The normalized spacial score (nSPS) is 15.2. The number of sulfonamides is 1. The Morgan fingerprint density at radius 2 is 1.90 bits per heavy atom. The van der Waals surface area contributed by atoms with E-state index >= 15 is 0 Å². The van der Waals surface area contributed by atoms with Gasteiger partial charge in [-0.05, 0) is 42.0 Å². The van der Waals surface area contributed by atoms with Gasteiger partial charge in [0, 0.05) is 18.3 Å². The van der Waals surface area contributed by atoms with Crippen molar-refractivity contribution >= 4 is 27.0 Å². The van der Waals surface area contributed by atoms with Crippen molar-refractivity contribution in [2.24, 2.45) is 0 Å². The number of nitrogens with one attached hydrogen (secondary N) is 2. The molecule has 0 amide bonds. The molecule has 2 aromatic rings. The van der Waals surface area contributed by atoms with E-state index in [-0.39, 0.29) is 0 Å². The third-order valence-electron chi connectivity index (χ3n) is 3.14. The van der Waals surface area contributed by atoms with Crippen LogP contribution in [0.15, 0.2) is 46.0 Å². The summed E-state index contributed by atoms with van der Waals surface area (Å²) in [5.41, 5.74) is 1.75. The molecule has 0 radical (unpaired) electrons. The monoisotopic (exact) mass is 308 g/mol. The third kappa shape index (κ3) is 3.39. The maximum atomic E-state index is 12.1. The highest BCUT2D eigenvalue weighted by atomic mass is 32.2. The smallest absolute Gasteiger partial charge is 0.271 e. The highest BCUT2D eigenvalue weighted by Gasteiger charge is 2.20. The summed E-state index contributed by atoms with van der Waals surface area (Å²) in [5, 5.41) is 5.18. The Labute approximate surface area is 122 Å². The quantitative estimate of drug-likeness (QED) is 0.863. The molecule has 1 fully saturated rings. The molecular weight excluding hydrogens is 292 g/mol. The van der Waals surface area contributed by atoms with Crippen LogP contribution in [0.3, 0.4) is 0 Å². The summed E-state index contributed by atoms with van der Waals surface area (Å²) in [4.78, 5) is 0. The summed E-state index contributed by atoms with van der Waals surface area (Å²) < 4.78 is 27.0. The van der Waals surface area contributed by atoms with Crippen molar-refractivity contribution in [2.75, 3.05) is 4.72 Å². The lowest BCUT2D eigenvalue weighted by molar-refractivity contribution is 0.603. The van der Waals surface area contributed by atoms with Crippen LogP contribution in [0.4, 0.5) is 5.69 Å². The fraction of sp³-hybridized carbons (Fsp3) is 0.286. The molecule has 3 rings (SSSR count). The van der Waals surface area contributed by atoms with Crippen molar-refractivity contribution in [2.45, 2.75) is 29.6 Å². The summed E-state index contributed by atoms with van der Waals surface area (Å²) in [6.07, 6.45) is 2.53. The van der Waals surface area contributed by atoms with Crippen molar-refractivity contribution in [1.82, 2.24) is 5.32 Å². The van der Waals surface area contributed by atoms with Crippen molar-refractivity contribution in [1.29, 1.82) is 0 Å². The van der Waals surface area contributed by atoms with Crippen molar-refractivity contribution in [3.05, 3.63) is 47.3 Å². The molecule has 0 unspecified atom stereocenters. The minimum atomic E-state index is -3.45. The molecule has 1 saturated carbocycles. The zero-order valence-electron chi connectivity index (χ0n) is 10.9. The molecule has 0 atom stereocenters. The van der Waals surface area contributed by atoms with E-state index < -0.39 is 10.0 Å². The SMILES string of the molecule is O=S(=O)(Nc1ccc(CNC2CC2)cc1)c1cccs1. The molecule has 1 aliphatic rings. The fourth-order valence-electron chi connectivity index (χ4n) is 1.86. The second-order valence-corrected chi connectivity index (χ2v) is 7.75. The third-order valence-corrected chi connectivity index (χ3v) is 5.92. The molecule has 1 aromatic carbocycles. The van der Waals surface area contributed by atoms with E-state index in [9.17, 15) is 8.42 Å². The number of hydrogen-bond acceptors (Lipinski definition) is 4. The van der Waals surface area contributed by atoms with Crippen LogP contribution in [-0.2, 0) is 16.6 Å². The van der Waals surface area contributed by atoms with Crippen molar-refractivity contribution in [3.8, 4) is 0 Å². The van der Waals surface area contributed by atoms with Crippen LogP contribution in [0.5, 0.6) is 0 Å². The lowest BCUT2D eigenvalue weighted by Crippen LogP contribution is -2.15. The van der Waals surface area contributed by atoms with Gasteiger partial charge in [-0.2, -0.15) is 0 Å².